The van der Waals surface area contributed by atoms with Gasteiger partial charge in [-0.15, -0.1) is 6.58 Å². The quantitative estimate of drug-likeness (QED) is 0.0459. The van der Waals surface area contributed by atoms with Gasteiger partial charge in [-0.1, -0.05) is 12.2 Å². The number of phenolic OH excluding ortho intramolecular Hbond substituents is 2. The van der Waals surface area contributed by atoms with Gasteiger partial charge in [-0.2, -0.15) is 0 Å². The zero-order chi connectivity index (χ0) is 47.7. The van der Waals surface area contributed by atoms with E-state index in [1.807, 2.05) is 0 Å². The Balaban J connectivity index is 1.36. The number of benzene rings is 2. The fraction of sp³-hybridized carbons (Fsp3) is 0.535. The molecule has 0 aliphatic carbocycles. The SMILES string of the molecule is C=CC(C)(O)CCC=C(C)C(=O)OC1C(Oc2cc(O)c3c(=O)c(OC4OC(CO)C(O)C(O)C4OC4OC(CO)C(O)C(O)C4O)c(-c4ccc(O)cc4)oc3c2)OC(C)C(O)C1O. The van der Waals surface area contributed by atoms with E-state index in [9.17, 15) is 70.9 Å². The average Bonchev–Trinajstić information content (AvgIpc) is 3.27. The lowest BCUT2D eigenvalue weighted by molar-refractivity contribution is -0.358. The third-order valence-electron chi connectivity index (χ3n) is 11.4. The highest BCUT2D eigenvalue weighted by Crippen LogP contribution is 2.40. The van der Waals surface area contributed by atoms with Crippen molar-refractivity contribution in [2.75, 3.05) is 13.2 Å². The van der Waals surface area contributed by atoms with E-state index in [1.165, 1.54) is 50.3 Å². The molecule has 65 heavy (non-hydrogen) atoms. The summed E-state index contributed by atoms with van der Waals surface area (Å²) in [6.07, 6.45) is -22.8. The fourth-order valence-electron chi connectivity index (χ4n) is 7.32. The van der Waals surface area contributed by atoms with Crippen molar-refractivity contribution in [1.29, 1.82) is 0 Å². The van der Waals surface area contributed by atoms with Gasteiger partial charge in [0.15, 0.2) is 24.3 Å². The molecule has 0 radical (unpaired) electrons. The third-order valence-corrected chi connectivity index (χ3v) is 11.4. The van der Waals surface area contributed by atoms with E-state index in [-0.39, 0.29) is 41.1 Å². The molecule has 0 amide bonds. The Morgan fingerprint density at radius 2 is 1.40 bits per heavy atom. The van der Waals surface area contributed by atoms with E-state index in [0.717, 1.165) is 12.1 Å². The lowest BCUT2D eigenvalue weighted by Gasteiger charge is -2.45. The van der Waals surface area contributed by atoms with Crippen molar-refractivity contribution in [3.05, 3.63) is 70.9 Å². The van der Waals surface area contributed by atoms with E-state index in [1.54, 1.807) is 6.92 Å². The first-order chi connectivity index (χ1) is 30.7. The summed E-state index contributed by atoms with van der Waals surface area (Å²) in [5.41, 5.74) is -2.50. The Morgan fingerprint density at radius 1 is 0.800 bits per heavy atom. The summed E-state index contributed by atoms with van der Waals surface area (Å²) in [6.45, 7) is 6.22. The van der Waals surface area contributed by atoms with Crippen LogP contribution in [0.15, 0.2) is 69.9 Å². The fourth-order valence-corrected chi connectivity index (χ4v) is 7.32. The second-order valence-electron chi connectivity index (χ2n) is 16.2. The Kier molecular flexibility index (Phi) is 15.6. The van der Waals surface area contributed by atoms with Gasteiger partial charge in [0.25, 0.3) is 0 Å². The van der Waals surface area contributed by atoms with Crippen LogP contribution in [0, 0.1) is 0 Å². The molecule has 1 aromatic heterocycles. The van der Waals surface area contributed by atoms with Crippen molar-refractivity contribution in [1.82, 2.24) is 0 Å². The van der Waals surface area contributed by atoms with Crippen LogP contribution in [0.5, 0.6) is 23.0 Å². The van der Waals surface area contributed by atoms with Crippen LogP contribution in [0.1, 0.15) is 33.6 Å². The molecule has 0 bridgehead atoms. The normalized spacial score (nSPS) is 34.1. The first kappa shape index (κ1) is 49.7. The minimum absolute atomic E-state index is 0.0640. The van der Waals surface area contributed by atoms with Crippen molar-refractivity contribution in [2.24, 2.45) is 0 Å². The molecule has 22 nitrogen and oxygen atoms in total. The Labute approximate surface area is 369 Å². The largest absolute Gasteiger partial charge is 0.508 e. The summed E-state index contributed by atoms with van der Waals surface area (Å²) < 4.78 is 46.4. The number of fused-ring (bicyclic) bond motifs is 1. The van der Waals surface area contributed by atoms with Gasteiger partial charge in [0.05, 0.1) is 24.9 Å². The summed E-state index contributed by atoms with van der Waals surface area (Å²) in [5, 5.41) is 126. The highest BCUT2D eigenvalue weighted by molar-refractivity contribution is 5.89. The van der Waals surface area contributed by atoms with Gasteiger partial charge >= 0.3 is 5.97 Å². The van der Waals surface area contributed by atoms with Crippen molar-refractivity contribution < 1.29 is 104 Å². The molecular weight excluding hydrogens is 868 g/mol. The number of ether oxygens (including phenoxy) is 7. The first-order valence-corrected chi connectivity index (χ1v) is 20.5. The smallest absolute Gasteiger partial charge is 0.333 e. The van der Waals surface area contributed by atoms with Gasteiger partial charge in [-0.05, 0) is 57.9 Å². The number of carbonyl (C=O) groups excluding carboxylic acids is 1. The minimum atomic E-state index is -2.02. The molecule has 0 spiro atoms. The van der Waals surface area contributed by atoms with E-state index in [4.69, 9.17) is 37.6 Å². The summed E-state index contributed by atoms with van der Waals surface area (Å²) >= 11 is 0. The lowest BCUT2D eigenvalue weighted by Crippen LogP contribution is -2.65. The van der Waals surface area contributed by atoms with Gasteiger partial charge in [0.2, 0.25) is 23.8 Å². The number of hydrogen-bond acceptors (Lipinski definition) is 22. The third kappa shape index (κ3) is 10.6. The topological polar surface area (TPSA) is 355 Å². The number of aliphatic hydroxyl groups is 10. The van der Waals surface area contributed by atoms with Gasteiger partial charge in [-0.25, -0.2) is 4.79 Å². The second kappa shape index (κ2) is 20.4. The molecule has 3 aromatic rings. The van der Waals surface area contributed by atoms with Crippen LogP contribution in [0.3, 0.4) is 0 Å². The molecular formula is C43H54O22. The molecule has 6 rings (SSSR count). The predicted molar refractivity (Wildman–Crippen MR) is 219 cm³/mol. The predicted octanol–water partition coefficient (Wildman–Crippen LogP) is -1.71. The lowest BCUT2D eigenvalue weighted by atomic mass is 9.97. The van der Waals surface area contributed by atoms with Gasteiger partial charge in [0, 0.05) is 23.3 Å². The number of aliphatic hydroxyl groups excluding tert-OH is 9. The van der Waals surface area contributed by atoms with E-state index in [0.29, 0.717) is 0 Å². The number of aromatic hydroxyl groups is 2. The molecule has 4 heterocycles. The number of allylic oxidation sites excluding steroid dienone is 1. The Morgan fingerprint density at radius 3 is 2.03 bits per heavy atom. The number of rotatable bonds is 15. The van der Waals surface area contributed by atoms with Crippen LogP contribution in [0.2, 0.25) is 0 Å². The molecule has 16 unspecified atom stereocenters. The maximum atomic E-state index is 14.5. The van der Waals surface area contributed by atoms with Crippen LogP contribution >= 0.6 is 0 Å². The number of carbonyl (C=O) groups is 1. The van der Waals surface area contributed by atoms with E-state index in [2.05, 4.69) is 6.58 Å². The Bertz CT molecular complexity index is 2220. The summed E-state index contributed by atoms with van der Waals surface area (Å²) in [5.74, 6) is -3.31. The zero-order valence-electron chi connectivity index (χ0n) is 35.3. The summed E-state index contributed by atoms with van der Waals surface area (Å²) in [6, 6.07) is 7.17. The van der Waals surface area contributed by atoms with Crippen LogP contribution in [0.25, 0.3) is 22.3 Å². The molecule has 3 saturated heterocycles. The minimum Gasteiger partial charge on any atom is -0.508 e. The molecule has 3 fully saturated rings. The average molecular weight is 923 g/mol. The zero-order valence-corrected chi connectivity index (χ0v) is 35.3. The van der Waals surface area contributed by atoms with Gasteiger partial charge in [0.1, 0.15) is 83.2 Å². The van der Waals surface area contributed by atoms with Crippen LogP contribution in [-0.4, -0.2) is 178 Å². The standard InChI is InChI=1S/C43H54O22/c1-5-43(4,57)12-6-7-17(2)39(56)63-37-32(53)27(48)18(3)58-41(37)59-21-13-22(47)26-23(14-21)60-35(19-8-10-20(46)11-9-19)36(30(26)51)64-42-38(33(54)29(50)25(16-45)62-42)65-40-34(55)31(52)28(49)24(15-44)61-40/h5,7-11,13-14,18,24-25,27-29,31-34,37-38,40-42,44-50,52-55,57H,1,6,12,15-16H2,2-4H3. The van der Waals surface area contributed by atoms with Crippen LogP contribution in [-0.2, 0) is 28.5 Å². The highest BCUT2D eigenvalue weighted by Gasteiger charge is 2.52. The highest BCUT2D eigenvalue weighted by atomic mass is 16.8. The summed E-state index contributed by atoms with van der Waals surface area (Å²) in [4.78, 5) is 27.6. The molecule has 0 saturated carbocycles. The number of hydrogen-bond donors (Lipinski definition) is 12. The molecule has 3 aliphatic rings. The molecule has 358 valence electrons. The number of phenols is 2. The van der Waals surface area contributed by atoms with Crippen LogP contribution < -0.4 is 14.9 Å². The monoisotopic (exact) mass is 922 g/mol. The van der Waals surface area contributed by atoms with Gasteiger partial charge < -0.3 is 98.9 Å². The van der Waals surface area contributed by atoms with Crippen molar-refractivity contribution in [2.45, 2.75) is 131 Å². The van der Waals surface area contributed by atoms with E-state index < -0.39 is 145 Å². The Hall–Kier alpha value is -4.76. The molecule has 16 atom stereocenters. The van der Waals surface area contributed by atoms with Crippen molar-refractivity contribution >= 4 is 16.9 Å². The molecule has 2 aromatic carbocycles. The second-order valence-corrected chi connectivity index (χ2v) is 16.2. The first-order valence-electron chi connectivity index (χ1n) is 20.5. The molecule has 12 N–H and O–H groups in total. The molecule has 3 aliphatic heterocycles. The summed E-state index contributed by atoms with van der Waals surface area (Å²) in [7, 11) is 0. The maximum Gasteiger partial charge on any atom is 0.333 e. The molecule has 22 heteroatoms. The maximum absolute atomic E-state index is 14.5. The van der Waals surface area contributed by atoms with Crippen LogP contribution in [0.4, 0.5) is 0 Å². The number of esters is 1. The van der Waals surface area contributed by atoms with E-state index >= 15 is 0 Å². The van der Waals surface area contributed by atoms with Crippen molar-refractivity contribution in [3.8, 4) is 34.3 Å². The van der Waals surface area contributed by atoms with Crippen molar-refractivity contribution in [3.63, 3.8) is 0 Å². The van der Waals surface area contributed by atoms with Gasteiger partial charge in [-0.3, -0.25) is 4.79 Å².